The van der Waals surface area contributed by atoms with Gasteiger partial charge >= 0.3 is 0 Å². The number of ether oxygens (including phenoxy) is 1. The monoisotopic (exact) mass is 407 g/mol. The number of benzene rings is 1. The minimum Gasteiger partial charge on any atom is -0.497 e. The van der Waals surface area contributed by atoms with Crippen LogP contribution in [-0.4, -0.2) is 47.1 Å². The van der Waals surface area contributed by atoms with Crippen molar-refractivity contribution in [2.75, 3.05) is 20.2 Å². The van der Waals surface area contributed by atoms with E-state index in [9.17, 15) is 4.79 Å². The number of carbonyl (C=O) groups is 1. The maximum Gasteiger partial charge on any atom is 0.273 e. The molecule has 2 aromatic rings. The molecule has 1 amide bonds. The molecule has 154 valence electrons. The molecule has 3 rings (SSSR count). The molecule has 0 unspecified atom stereocenters. The fourth-order valence-electron chi connectivity index (χ4n) is 3.53. The molecule has 1 aromatic heterocycles. The molecule has 1 heterocycles. The Kier molecular flexibility index (Phi) is 8.73. The Balaban J connectivity index is 0.00000280. The molecule has 0 spiro atoms. The van der Waals surface area contributed by atoms with Gasteiger partial charge in [-0.05, 0) is 44.0 Å². The van der Waals surface area contributed by atoms with Crippen LogP contribution in [0.5, 0.6) is 5.75 Å². The van der Waals surface area contributed by atoms with Gasteiger partial charge in [0.25, 0.3) is 5.91 Å². The SMILES string of the molecule is COc1ccc(-n2nnc(C(=O)NCCNC3CCCCCC3)c2C)cc1.Cl. The second-order valence-corrected chi connectivity index (χ2v) is 7.03. The molecule has 1 aliphatic carbocycles. The van der Waals surface area contributed by atoms with Crippen LogP contribution >= 0.6 is 12.4 Å². The normalized spacial score (nSPS) is 14.8. The Morgan fingerprint density at radius 3 is 2.46 bits per heavy atom. The van der Waals surface area contributed by atoms with Crippen molar-refractivity contribution in [3.8, 4) is 11.4 Å². The van der Waals surface area contributed by atoms with E-state index < -0.39 is 0 Å². The number of methoxy groups -OCH3 is 1. The Morgan fingerprint density at radius 1 is 1.14 bits per heavy atom. The highest BCUT2D eigenvalue weighted by Gasteiger charge is 2.17. The van der Waals surface area contributed by atoms with Crippen LogP contribution in [0.3, 0.4) is 0 Å². The molecule has 1 fully saturated rings. The molecule has 7 nitrogen and oxygen atoms in total. The van der Waals surface area contributed by atoms with Crippen molar-refractivity contribution in [3.63, 3.8) is 0 Å². The zero-order valence-electron chi connectivity index (χ0n) is 16.6. The second kappa shape index (κ2) is 11.0. The number of nitrogens with zero attached hydrogens (tertiary/aromatic N) is 3. The van der Waals surface area contributed by atoms with Gasteiger partial charge in [0.2, 0.25) is 0 Å². The van der Waals surface area contributed by atoms with Crippen LogP contribution in [0.2, 0.25) is 0 Å². The molecule has 1 aromatic carbocycles. The Morgan fingerprint density at radius 2 is 1.82 bits per heavy atom. The van der Waals surface area contributed by atoms with Gasteiger partial charge in [-0.25, -0.2) is 4.68 Å². The van der Waals surface area contributed by atoms with Crippen LogP contribution in [0.25, 0.3) is 5.69 Å². The number of hydrogen-bond acceptors (Lipinski definition) is 5. The number of carbonyl (C=O) groups excluding carboxylic acids is 1. The second-order valence-electron chi connectivity index (χ2n) is 7.03. The number of hydrogen-bond donors (Lipinski definition) is 2. The van der Waals surface area contributed by atoms with Crippen LogP contribution in [0.1, 0.15) is 54.7 Å². The van der Waals surface area contributed by atoms with Gasteiger partial charge in [0.15, 0.2) is 5.69 Å². The largest absolute Gasteiger partial charge is 0.497 e. The van der Waals surface area contributed by atoms with E-state index in [4.69, 9.17) is 4.74 Å². The van der Waals surface area contributed by atoms with Crippen molar-refractivity contribution in [1.29, 1.82) is 0 Å². The van der Waals surface area contributed by atoms with Crippen molar-refractivity contribution in [1.82, 2.24) is 25.6 Å². The van der Waals surface area contributed by atoms with Crippen molar-refractivity contribution in [2.45, 2.75) is 51.5 Å². The lowest BCUT2D eigenvalue weighted by Gasteiger charge is -2.16. The summed E-state index contributed by atoms with van der Waals surface area (Å²) >= 11 is 0. The predicted molar refractivity (Wildman–Crippen MR) is 112 cm³/mol. The molecule has 0 bridgehead atoms. The minimum atomic E-state index is -0.185. The van der Waals surface area contributed by atoms with Gasteiger partial charge in [-0.3, -0.25) is 4.79 Å². The summed E-state index contributed by atoms with van der Waals surface area (Å²) in [6, 6.07) is 8.07. The lowest BCUT2D eigenvalue weighted by molar-refractivity contribution is 0.0948. The number of aromatic nitrogens is 3. The minimum absolute atomic E-state index is 0. The summed E-state index contributed by atoms with van der Waals surface area (Å²) in [5.74, 6) is 0.589. The van der Waals surface area contributed by atoms with Crippen molar-refractivity contribution in [3.05, 3.63) is 35.7 Å². The van der Waals surface area contributed by atoms with E-state index in [2.05, 4.69) is 20.9 Å². The first-order chi connectivity index (χ1) is 13.2. The highest BCUT2D eigenvalue weighted by Crippen LogP contribution is 2.17. The molecule has 2 N–H and O–H groups in total. The standard InChI is InChI=1S/C20H29N5O2.ClH/c1-15-19(23-24-25(15)17-9-11-18(27-2)12-10-17)20(26)22-14-13-21-16-7-5-3-4-6-8-16;/h9-12,16,21H,3-8,13-14H2,1-2H3,(H,22,26);1H. The Bertz CT molecular complexity index is 740. The molecule has 0 saturated heterocycles. The van der Waals surface area contributed by atoms with E-state index in [0.29, 0.717) is 18.3 Å². The van der Waals surface area contributed by atoms with Crippen LogP contribution < -0.4 is 15.4 Å². The topological polar surface area (TPSA) is 81.1 Å². The lowest BCUT2D eigenvalue weighted by atomic mass is 10.1. The van der Waals surface area contributed by atoms with Gasteiger partial charge in [-0.2, -0.15) is 0 Å². The van der Waals surface area contributed by atoms with Crippen LogP contribution in [0.15, 0.2) is 24.3 Å². The van der Waals surface area contributed by atoms with Crippen molar-refractivity contribution < 1.29 is 9.53 Å². The predicted octanol–water partition coefficient (Wildman–Crippen LogP) is 3.05. The van der Waals surface area contributed by atoms with Gasteiger partial charge in [0, 0.05) is 19.1 Å². The molecular formula is C20H30ClN5O2. The van der Waals surface area contributed by atoms with E-state index in [1.807, 2.05) is 31.2 Å². The third-order valence-electron chi connectivity index (χ3n) is 5.13. The summed E-state index contributed by atoms with van der Waals surface area (Å²) in [6.45, 7) is 3.22. The van der Waals surface area contributed by atoms with Crippen LogP contribution in [-0.2, 0) is 0 Å². The summed E-state index contributed by atoms with van der Waals surface area (Å²) < 4.78 is 6.83. The first-order valence-electron chi connectivity index (χ1n) is 9.77. The highest BCUT2D eigenvalue weighted by molar-refractivity contribution is 5.93. The first-order valence-corrected chi connectivity index (χ1v) is 9.77. The third-order valence-corrected chi connectivity index (χ3v) is 5.13. The number of rotatable bonds is 7. The molecule has 0 atom stereocenters. The number of amides is 1. The molecule has 8 heteroatoms. The summed E-state index contributed by atoms with van der Waals surface area (Å²) in [7, 11) is 1.63. The zero-order chi connectivity index (χ0) is 19.1. The third kappa shape index (κ3) is 5.69. The summed E-state index contributed by atoms with van der Waals surface area (Å²) in [6.07, 6.45) is 7.78. The average molecular weight is 408 g/mol. The summed E-state index contributed by atoms with van der Waals surface area (Å²) in [5, 5.41) is 14.7. The van der Waals surface area contributed by atoms with E-state index in [-0.39, 0.29) is 18.3 Å². The molecule has 1 aliphatic rings. The van der Waals surface area contributed by atoms with E-state index in [1.165, 1.54) is 38.5 Å². The fourth-order valence-corrected chi connectivity index (χ4v) is 3.53. The van der Waals surface area contributed by atoms with E-state index >= 15 is 0 Å². The summed E-state index contributed by atoms with van der Waals surface area (Å²) in [5.41, 5.74) is 1.92. The number of nitrogens with one attached hydrogen (secondary N) is 2. The number of halogens is 1. The smallest absolute Gasteiger partial charge is 0.273 e. The van der Waals surface area contributed by atoms with E-state index in [0.717, 1.165) is 23.7 Å². The maximum atomic E-state index is 12.4. The zero-order valence-corrected chi connectivity index (χ0v) is 17.4. The van der Waals surface area contributed by atoms with Crippen molar-refractivity contribution in [2.24, 2.45) is 0 Å². The molecule has 1 saturated carbocycles. The van der Waals surface area contributed by atoms with Crippen LogP contribution in [0.4, 0.5) is 0 Å². The van der Waals surface area contributed by atoms with Gasteiger partial charge in [-0.1, -0.05) is 30.9 Å². The first kappa shape index (κ1) is 22.2. The van der Waals surface area contributed by atoms with Crippen molar-refractivity contribution >= 4 is 18.3 Å². The Hall–Kier alpha value is -2.12. The quantitative estimate of drug-likeness (QED) is 0.544. The fraction of sp³-hybridized carbons (Fsp3) is 0.550. The average Bonchev–Trinajstić information content (AvgIpc) is 2.90. The van der Waals surface area contributed by atoms with Gasteiger partial charge in [0.05, 0.1) is 18.5 Å². The molecule has 28 heavy (non-hydrogen) atoms. The van der Waals surface area contributed by atoms with Gasteiger partial charge in [-0.15, -0.1) is 17.5 Å². The van der Waals surface area contributed by atoms with Crippen LogP contribution in [0, 0.1) is 6.92 Å². The van der Waals surface area contributed by atoms with E-state index in [1.54, 1.807) is 11.8 Å². The maximum absolute atomic E-state index is 12.4. The summed E-state index contributed by atoms with van der Waals surface area (Å²) in [4.78, 5) is 12.4. The van der Waals surface area contributed by atoms with Gasteiger partial charge < -0.3 is 15.4 Å². The molecule has 0 aliphatic heterocycles. The lowest BCUT2D eigenvalue weighted by Crippen LogP contribution is -2.37. The Labute approximate surface area is 172 Å². The van der Waals surface area contributed by atoms with Gasteiger partial charge in [0.1, 0.15) is 5.75 Å². The highest BCUT2D eigenvalue weighted by atomic mass is 35.5. The molecule has 0 radical (unpaired) electrons. The molecular weight excluding hydrogens is 378 g/mol.